The summed E-state index contributed by atoms with van der Waals surface area (Å²) in [5, 5.41) is 11.1. The van der Waals surface area contributed by atoms with Gasteiger partial charge in [-0.15, -0.1) is 0 Å². The lowest BCUT2D eigenvalue weighted by molar-refractivity contribution is 0.205. The molecule has 0 spiro atoms. The van der Waals surface area contributed by atoms with Gasteiger partial charge in [0.05, 0.1) is 6.10 Å². The van der Waals surface area contributed by atoms with E-state index in [1.807, 2.05) is 24.3 Å². The van der Waals surface area contributed by atoms with E-state index in [1.165, 1.54) is 31.3 Å². The molecule has 1 unspecified atom stereocenters. The summed E-state index contributed by atoms with van der Waals surface area (Å²) >= 11 is 5.86. The van der Waals surface area contributed by atoms with Crippen LogP contribution in [0.15, 0.2) is 35.9 Å². The van der Waals surface area contributed by atoms with Gasteiger partial charge in [0.15, 0.2) is 0 Å². The van der Waals surface area contributed by atoms with Crippen LogP contribution in [0.2, 0.25) is 5.02 Å². The van der Waals surface area contributed by atoms with Gasteiger partial charge in [-0.2, -0.15) is 0 Å². The highest BCUT2D eigenvalue weighted by atomic mass is 35.5. The van der Waals surface area contributed by atoms with E-state index < -0.39 is 0 Å². The Labute approximate surface area is 114 Å². The molecule has 0 aliphatic heterocycles. The normalized spacial score (nSPS) is 21.6. The lowest BCUT2D eigenvalue weighted by atomic mass is 9.93. The molecule has 2 heteroatoms. The van der Waals surface area contributed by atoms with Crippen molar-refractivity contribution in [2.75, 3.05) is 0 Å². The van der Waals surface area contributed by atoms with Crippen LogP contribution < -0.4 is 0 Å². The summed E-state index contributed by atoms with van der Waals surface area (Å²) in [4.78, 5) is 0. The number of rotatable bonds is 3. The second-order valence-corrected chi connectivity index (χ2v) is 5.51. The third kappa shape index (κ3) is 4.15. The maximum absolute atomic E-state index is 10.3. The topological polar surface area (TPSA) is 20.2 Å². The largest absolute Gasteiger partial charge is 0.388 e. The SMILES string of the molecule is OC(Cc1ccc(Cl)cc1)/C1=C/CCCCCC1. The van der Waals surface area contributed by atoms with Crippen molar-refractivity contribution in [1.29, 1.82) is 0 Å². The van der Waals surface area contributed by atoms with E-state index in [9.17, 15) is 5.11 Å². The van der Waals surface area contributed by atoms with Crippen LogP contribution in [0.4, 0.5) is 0 Å². The van der Waals surface area contributed by atoms with Crippen LogP contribution in [0, 0.1) is 0 Å². The van der Waals surface area contributed by atoms with Crippen molar-refractivity contribution in [3.05, 3.63) is 46.5 Å². The molecule has 1 aromatic rings. The zero-order valence-electron chi connectivity index (χ0n) is 10.7. The fraction of sp³-hybridized carbons (Fsp3) is 0.500. The van der Waals surface area contributed by atoms with Gasteiger partial charge in [0.1, 0.15) is 0 Å². The molecule has 1 aliphatic rings. The van der Waals surface area contributed by atoms with Gasteiger partial charge in [-0.25, -0.2) is 0 Å². The second-order valence-electron chi connectivity index (χ2n) is 5.08. The molecular formula is C16H21ClO. The summed E-state index contributed by atoms with van der Waals surface area (Å²) in [6, 6.07) is 7.76. The third-order valence-corrected chi connectivity index (χ3v) is 3.85. The summed E-state index contributed by atoms with van der Waals surface area (Å²) in [5.74, 6) is 0. The van der Waals surface area contributed by atoms with Crippen LogP contribution in [-0.2, 0) is 6.42 Å². The number of aliphatic hydroxyl groups excluding tert-OH is 1. The molecule has 18 heavy (non-hydrogen) atoms. The lowest BCUT2D eigenvalue weighted by Crippen LogP contribution is -2.14. The Balaban J connectivity index is 1.97. The molecular weight excluding hydrogens is 244 g/mol. The fourth-order valence-corrected chi connectivity index (χ4v) is 2.62. The molecule has 0 aromatic heterocycles. The predicted octanol–water partition coefficient (Wildman–Crippen LogP) is 4.52. The number of allylic oxidation sites excluding steroid dienone is 1. The Bertz CT molecular complexity index is 394. The average Bonchev–Trinajstić information content (AvgIpc) is 2.31. The van der Waals surface area contributed by atoms with Crippen LogP contribution in [0.5, 0.6) is 0 Å². The van der Waals surface area contributed by atoms with E-state index in [2.05, 4.69) is 6.08 Å². The number of hydrogen-bond acceptors (Lipinski definition) is 1. The molecule has 1 aromatic carbocycles. The van der Waals surface area contributed by atoms with Crippen molar-refractivity contribution in [1.82, 2.24) is 0 Å². The van der Waals surface area contributed by atoms with Gasteiger partial charge >= 0.3 is 0 Å². The minimum Gasteiger partial charge on any atom is -0.388 e. The monoisotopic (exact) mass is 264 g/mol. The first-order valence-corrected chi connectivity index (χ1v) is 7.25. The molecule has 0 radical (unpaired) electrons. The first-order valence-electron chi connectivity index (χ1n) is 6.87. The van der Waals surface area contributed by atoms with Gasteiger partial charge in [0, 0.05) is 11.4 Å². The second kappa shape index (κ2) is 6.96. The maximum Gasteiger partial charge on any atom is 0.0790 e. The highest BCUT2D eigenvalue weighted by Gasteiger charge is 2.12. The van der Waals surface area contributed by atoms with E-state index in [4.69, 9.17) is 11.6 Å². The van der Waals surface area contributed by atoms with E-state index in [1.54, 1.807) is 0 Å². The molecule has 98 valence electrons. The molecule has 0 saturated carbocycles. The van der Waals surface area contributed by atoms with Gasteiger partial charge in [-0.05, 0) is 49.0 Å². The smallest absolute Gasteiger partial charge is 0.0790 e. The lowest BCUT2D eigenvalue weighted by Gasteiger charge is -2.17. The Morgan fingerprint density at radius 3 is 2.56 bits per heavy atom. The molecule has 0 amide bonds. The van der Waals surface area contributed by atoms with Gasteiger partial charge in [-0.3, -0.25) is 0 Å². The number of hydrogen-bond donors (Lipinski definition) is 1. The third-order valence-electron chi connectivity index (χ3n) is 3.60. The van der Waals surface area contributed by atoms with Crippen LogP contribution in [0.25, 0.3) is 0 Å². The van der Waals surface area contributed by atoms with Gasteiger partial charge < -0.3 is 5.11 Å². The molecule has 1 nitrogen and oxygen atoms in total. The fourth-order valence-electron chi connectivity index (χ4n) is 2.49. The van der Waals surface area contributed by atoms with Crippen LogP contribution in [-0.4, -0.2) is 11.2 Å². The summed E-state index contributed by atoms with van der Waals surface area (Å²) in [7, 11) is 0. The summed E-state index contributed by atoms with van der Waals surface area (Å²) in [5.41, 5.74) is 2.37. The zero-order valence-corrected chi connectivity index (χ0v) is 11.5. The quantitative estimate of drug-likeness (QED) is 0.796. The Hall–Kier alpha value is -0.790. The first-order chi connectivity index (χ1) is 8.75. The van der Waals surface area contributed by atoms with Crippen LogP contribution in [0.1, 0.15) is 44.1 Å². The average molecular weight is 265 g/mol. The number of aliphatic hydroxyl groups is 1. The minimum absolute atomic E-state index is 0.329. The van der Waals surface area contributed by atoms with Gasteiger partial charge in [0.2, 0.25) is 0 Å². The van der Waals surface area contributed by atoms with Crippen LogP contribution >= 0.6 is 11.6 Å². The molecule has 1 N–H and O–H groups in total. The summed E-state index contributed by atoms with van der Waals surface area (Å²) < 4.78 is 0. The van der Waals surface area contributed by atoms with Crippen molar-refractivity contribution >= 4 is 11.6 Å². The predicted molar refractivity (Wildman–Crippen MR) is 76.9 cm³/mol. The van der Waals surface area contributed by atoms with Gasteiger partial charge in [-0.1, -0.05) is 42.7 Å². The Morgan fingerprint density at radius 1 is 1.06 bits per heavy atom. The van der Waals surface area contributed by atoms with Crippen molar-refractivity contribution in [3.8, 4) is 0 Å². The van der Waals surface area contributed by atoms with Gasteiger partial charge in [0.25, 0.3) is 0 Å². The van der Waals surface area contributed by atoms with E-state index >= 15 is 0 Å². The highest BCUT2D eigenvalue weighted by molar-refractivity contribution is 6.30. The van der Waals surface area contributed by atoms with Crippen LogP contribution in [0.3, 0.4) is 0 Å². The standard InChI is InChI=1S/C16H21ClO/c17-15-10-8-13(9-11-15)12-16(18)14-6-4-2-1-3-5-7-14/h6,8-11,16,18H,1-5,7,12H2/b14-6+. The Morgan fingerprint density at radius 2 is 1.78 bits per heavy atom. The van der Waals surface area contributed by atoms with Crippen molar-refractivity contribution < 1.29 is 5.11 Å². The van der Waals surface area contributed by atoms with E-state index in [0.717, 1.165) is 23.4 Å². The molecule has 1 atom stereocenters. The molecule has 0 bridgehead atoms. The molecule has 0 heterocycles. The number of halogens is 1. The van der Waals surface area contributed by atoms with E-state index in [0.29, 0.717) is 6.42 Å². The number of benzene rings is 1. The van der Waals surface area contributed by atoms with Crippen molar-refractivity contribution in [3.63, 3.8) is 0 Å². The van der Waals surface area contributed by atoms with Crippen molar-refractivity contribution in [2.24, 2.45) is 0 Å². The maximum atomic E-state index is 10.3. The summed E-state index contributed by atoms with van der Waals surface area (Å²) in [6.07, 6.45) is 9.89. The first kappa shape index (κ1) is 13.6. The molecule has 0 fully saturated rings. The molecule has 0 saturated heterocycles. The van der Waals surface area contributed by atoms with Crippen molar-refractivity contribution in [2.45, 2.75) is 51.0 Å². The molecule has 2 rings (SSSR count). The summed E-state index contributed by atoms with van der Waals surface area (Å²) in [6.45, 7) is 0. The van der Waals surface area contributed by atoms with E-state index in [-0.39, 0.29) is 6.10 Å². The minimum atomic E-state index is -0.329. The Kier molecular flexibility index (Phi) is 5.27. The highest BCUT2D eigenvalue weighted by Crippen LogP contribution is 2.22. The molecule has 1 aliphatic carbocycles. The zero-order chi connectivity index (χ0) is 12.8.